The predicted molar refractivity (Wildman–Crippen MR) is 103 cm³/mol. The molecule has 2 aromatic heterocycles. The van der Waals surface area contributed by atoms with E-state index in [1.54, 1.807) is 16.6 Å². The van der Waals surface area contributed by atoms with Crippen LogP contribution in [0.3, 0.4) is 0 Å². The highest BCUT2D eigenvalue weighted by Gasteiger charge is 2.30. The summed E-state index contributed by atoms with van der Waals surface area (Å²) in [5.74, 6) is 0.0200. The molecule has 0 bridgehead atoms. The van der Waals surface area contributed by atoms with Crippen molar-refractivity contribution < 1.29 is 13.2 Å². The number of sulfonamides is 1. The highest BCUT2D eigenvalue weighted by molar-refractivity contribution is 14.1. The monoisotopic (exact) mass is 492 g/mol. The highest BCUT2D eigenvalue weighted by atomic mass is 127. The van der Waals surface area contributed by atoms with Gasteiger partial charge in [0.25, 0.3) is 0 Å². The zero-order chi connectivity index (χ0) is 18.9. The molecule has 0 saturated carbocycles. The van der Waals surface area contributed by atoms with Crippen LogP contribution in [0.4, 0.5) is 0 Å². The summed E-state index contributed by atoms with van der Waals surface area (Å²) in [4.78, 5) is 14.3. The zero-order valence-corrected chi connectivity index (χ0v) is 17.6. The van der Waals surface area contributed by atoms with Gasteiger partial charge in [0.1, 0.15) is 4.90 Å². The SMILES string of the molecule is Cc1nn(CCC(=O)N2CCN(S(=O)(=O)c3cnn(C)c3)CC2)cc1I. The predicted octanol–water partition coefficient (Wildman–Crippen LogP) is 0.453. The molecule has 1 aliphatic heterocycles. The lowest BCUT2D eigenvalue weighted by molar-refractivity contribution is -0.132. The number of carbonyl (C=O) groups is 1. The van der Waals surface area contributed by atoms with Crippen LogP contribution in [0.2, 0.25) is 0 Å². The van der Waals surface area contributed by atoms with Crippen LogP contribution in [-0.2, 0) is 28.4 Å². The molecule has 3 heterocycles. The summed E-state index contributed by atoms with van der Waals surface area (Å²) >= 11 is 2.21. The molecule has 11 heteroatoms. The molecule has 1 aliphatic rings. The summed E-state index contributed by atoms with van der Waals surface area (Å²) in [6.07, 6.45) is 5.11. The number of hydrogen-bond donors (Lipinski definition) is 0. The van der Waals surface area contributed by atoms with E-state index in [-0.39, 0.29) is 10.8 Å². The molecule has 1 saturated heterocycles. The maximum absolute atomic E-state index is 12.6. The third-order valence-corrected chi connectivity index (χ3v) is 7.26. The second-order valence-corrected chi connectivity index (χ2v) is 9.31. The van der Waals surface area contributed by atoms with Crippen LogP contribution in [0.15, 0.2) is 23.5 Å². The molecule has 0 aliphatic carbocycles. The van der Waals surface area contributed by atoms with Crippen molar-refractivity contribution in [1.82, 2.24) is 28.8 Å². The van der Waals surface area contributed by atoms with Gasteiger partial charge in [0.15, 0.2) is 0 Å². The van der Waals surface area contributed by atoms with Gasteiger partial charge >= 0.3 is 0 Å². The fraction of sp³-hybridized carbons (Fsp3) is 0.533. The summed E-state index contributed by atoms with van der Waals surface area (Å²) in [5.41, 5.74) is 0.951. The first-order valence-corrected chi connectivity index (χ1v) is 10.8. The second kappa shape index (κ2) is 7.64. The molecule has 0 radical (unpaired) electrons. The summed E-state index contributed by atoms with van der Waals surface area (Å²) in [5, 5.41) is 8.27. The molecule has 142 valence electrons. The third kappa shape index (κ3) is 4.09. The number of halogens is 1. The summed E-state index contributed by atoms with van der Waals surface area (Å²) in [6.45, 7) is 3.84. The van der Waals surface area contributed by atoms with Crippen LogP contribution in [0.25, 0.3) is 0 Å². The molecule has 0 N–H and O–H groups in total. The van der Waals surface area contributed by atoms with Crippen molar-refractivity contribution in [2.24, 2.45) is 7.05 Å². The topological polar surface area (TPSA) is 93.3 Å². The molecule has 26 heavy (non-hydrogen) atoms. The van der Waals surface area contributed by atoms with Gasteiger partial charge in [-0.1, -0.05) is 0 Å². The van der Waals surface area contributed by atoms with Crippen molar-refractivity contribution in [1.29, 1.82) is 0 Å². The Labute approximate surface area is 166 Å². The van der Waals surface area contributed by atoms with E-state index in [1.807, 2.05) is 13.1 Å². The number of aromatic nitrogens is 4. The number of piperazine rings is 1. The third-order valence-electron chi connectivity index (χ3n) is 4.35. The lowest BCUT2D eigenvalue weighted by Crippen LogP contribution is -2.50. The minimum atomic E-state index is -3.55. The van der Waals surface area contributed by atoms with Crippen molar-refractivity contribution >= 4 is 38.5 Å². The van der Waals surface area contributed by atoms with Gasteiger partial charge in [-0.3, -0.25) is 14.2 Å². The average Bonchev–Trinajstić information content (AvgIpc) is 3.19. The number of nitrogens with zero attached hydrogens (tertiary/aromatic N) is 6. The van der Waals surface area contributed by atoms with Crippen LogP contribution < -0.4 is 0 Å². The van der Waals surface area contributed by atoms with Gasteiger partial charge in [-0.2, -0.15) is 14.5 Å². The van der Waals surface area contributed by atoms with Crippen LogP contribution in [0.5, 0.6) is 0 Å². The Kier molecular flexibility index (Phi) is 5.67. The highest BCUT2D eigenvalue weighted by Crippen LogP contribution is 2.17. The Bertz CT molecular complexity index is 879. The van der Waals surface area contributed by atoms with Gasteiger partial charge in [0.05, 0.1) is 15.5 Å². The molecule has 1 fully saturated rings. The summed E-state index contributed by atoms with van der Waals surface area (Å²) < 4.78 is 30.9. The zero-order valence-electron chi connectivity index (χ0n) is 14.7. The van der Waals surface area contributed by atoms with Gasteiger partial charge in [0.2, 0.25) is 15.9 Å². The molecule has 2 aromatic rings. The Morgan fingerprint density at radius 1 is 1.23 bits per heavy atom. The first-order valence-electron chi connectivity index (χ1n) is 8.23. The number of aryl methyl sites for hydroxylation is 3. The van der Waals surface area contributed by atoms with Crippen LogP contribution >= 0.6 is 22.6 Å². The van der Waals surface area contributed by atoms with Crippen molar-refractivity contribution in [2.45, 2.75) is 24.8 Å². The Balaban J connectivity index is 1.53. The minimum absolute atomic E-state index is 0.0200. The summed E-state index contributed by atoms with van der Waals surface area (Å²) in [6, 6.07) is 0. The maximum Gasteiger partial charge on any atom is 0.246 e. The average molecular weight is 492 g/mol. The van der Waals surface area contributed by atoms with Crippen molar-refractivity contribution in [3.63, 3.8) is 0 Å². The molecule has 0 unspecified atom stereocenters. The number of carbonyl (C=O) groups excluding carboxylic acids is 1. The molecule has 9 nitrogen and oxygen atoms in total. The molecule has 3 rings (SSSR count). The van der Waals surface area contributed by atoms with E-state index in [9.17, 15) is 13.2 Å². The first-order chi connectivity index (χ1) is 12.3. The minimum Gasteiger partial charge on any atom is -0.340 e. The van der Waals surface area contributed by atoms with Crippen molar-refractivity contribution in [2.75, 3.05) is 26.2 Å². The fourth-order valence-electron chi connectivity index (χ4n) is 2.84. The van der Waals surface area contributed by atoms with Gasteiger partial charge in [0, 0.05) is 58.6 Å². The van der Waals surface area contributed by atoms with Gasteiger partial charge < -0.3 is 4.90 Å². The smallest absolute Gasteiger partial charge is 0.246 e. The van der Waals surface area contributed by atoms with Crippen molar-refractivity contribution in [3.8, 4) is 0 Å². The number of amides is 1. The Hall–Kier alpha value is -1.47. The van der Waals surface area contributed by atoms with Crippen LogP contribution in [0.1, 0.15) is 12.1 Å². The second-order valence-electron chi connectivity index (χ2n) is 6.21. The lowest BCUT2D eigenvalue weighted by Gasteiger charge is -2.33. The molecule has 1 amide bonds. The molecule has 0 spiro atoms. The van der Waals surface area contributed by atoms with Gasteiger partial charge in [-0.25, -0.2) is 8.42 Å². The summed E-state index contributed by atoms with van der Waals surface area (Å²) in [7, 11) is -1.87. The van der Waals surface area contributed by atoms with E-state index < -0.39 is 10.0 Å². The van der Waals surface area contributed by atoms with E-state index in [0.29, 0.717) is 39.1 Å². The fourth-order valence-corrected chi connectivity index (χ4v) is 4.67. The van der Waals surface area contributed by atoms with E-state index in [1.165, 1.54) is 21.4 Å². The van der Waals surface area contributed by atoms with E-state index in [2.05, 4.69) is 32.8 Å². The van der Waals surface area contributed by atoms with E-state index in [0.717, 1.165) is 9.26 Å². The largest absolute Gasteiger partial charge is 0.340 e. The van der Waals surface area contributed by atoms with Crippen LogP contribution in [-0.4, -0.2) is 69.3 Å². The standard InChI is InChI=1S/C15H21IN6O3S/c1-12-14(16)11-21(18-12)4-3-15(23)20-5-7-22(8-6-20)26(24,25)13-9-17-19(2)10-13/h9-11H,3-8H2,1-2H3. The number of rotatable bonds is 5. The molecule has 0 aromatic carbocycles. The van der Waals surface area contributed by atoms with Gasteiger partial charge in [-0.05, 0) is 29.5 Å². The van der Waals surface area contributed by atoms with Gasteiger partial charge in [-0.15, -0.1) is 0 Å². The van der Waals surface area contributed by atoms with E-state index >= 15 is 0 Å². The number of hydrogen-bond acceptors (Lipinski definition) is 5. The molecular weight excluding hydrogens is 471 g/mol. The lowest BCUT2D eigenvalue weighted by atomic mass is 10.3. The normalized spacial score (nSPS) is 16.2. The molecule has 0 atom stereocenters. The quantitative estimate of drug-likeness (QED) is 0.566. The molecular formula is C15H21IN6O3S. The van der Waals surface area contributed by atoms with Crippen molar-refractivity contribution in [3.05, 3.63) is 27.9 Å². The Morgan fingerprint density at radius 3 is 2.46 bits per heavy atom. The Morgan fingerprint density at radius 2 is 1.92 bits per heavy atom. The van der Waals surface area contributed by atoms with E-state index in [4.69, 9.17) is 0 Å². The first kappa shape index (κ1) is 19.3. The van der Waals surface area contributed by atoms with Crippen LogP contribution in [0, 0.1) is 10.5 Å². The maximum atomic E-state index is 12.6.